The third-order valence-electron chi connectivity index (χ3n) is 3.70. The van der Waals surface area contributed by atoms with Gasteiger partial charge < -0.3 is 10.2 Å². The Morgan fingerprint density at radius 1 is 1.44 bits per heavy atom. The summed E-state index contributed by atoms with van der Waals surface area (Å²) in [6.07, 6.45) is 1.70. The zero-order chi connectivity index (χ0) is 13.0. The summed E-state index contributed by atoms with van der Waals surface area (Å²) < 4.78 is 0. The van der Waals surface area contributed by atoms with Crippen molar-refractivity contribution in [2.24, 2.45) is 0 Å². The van der Waals surface area contributed by atoms with E-state index >= 15 is 0 Å². The molecule has 1 fully saturated rings. The molecule has 1 aromatic rings. The van der Waals surface area contributed by atoms with Crippen LogP contribution in [0.2, 0.25) is 0 Å². The number of rotatable bonds is 2. The van der Waals surface area contributed by atoms with Crippen molar-refractivity contribution in [3.63, 3.8) is 0 Å². The number of nitrogens with one attached hydrogen (secondary N) is 1. The van der Waals surface area contributed by atoms with E-state index in [1.54, 1.807) is 0 Å². The molecule has 2 rings (SSSR count). The molecular formula is C15H21N3. The molecular weight excluding hydrogens is 222 g/mol. The summed E-state index contributed by atoms with van der Waals surface area (Å²) in [7, 11) is 0. The summed E-state index contributed by atoms with van der Waals surface area (Å²) in [4.78, 5) is 2.40. The normalized spacial score (nSPS) is 24.4. The SMILES string of the molecule is Cc1ccccc1N1CCC(C)NCC1CC#N. The zero-order valence-corrected chi connectivity index (χ0v) is 11.2. The molecule has 1 aromatic carbocycles. The Morgan fingerprint density at radius 2 is 2.22 bits per heavy atom. The van der Waals surface area contributed by atoms with Crippen molar-refractivity contribution in [1.29, 1.82) is 5.26 Å². The molecule has 1 aliphatic rings. The van der Waals surface area contributed by atoms with Crippen molar-refractivity contribution >= 4 is 5.69 Å². The van der Waals surface area contributed by atoms with Gasteiger partial charge >= 0.3 is 0 Å². The van der Waals surface area contributed by atoms with Crippen LogP contribution in [-0.4, -0.2) is 25.2 Å². The predicted molar refractivity (Wildman–Crippen MR) is 74.6 cm³/mol. The van der Waals surface area contributed by atoms with Gasteiger partial charge in [-0.05, 0) is 31.9 Å². The lowest BCUT2D eigenvalue weighted by molar-refractivity contribution is 0.538. The third-order valence-corrected chi connectivity index (χ3v) is 3.70. The van der Waals surface area contributed by atoms with E-state index in [1.165, 1.54) is 11.3 Å². The molecule has 96 valence electrons. The molecule has 0 saturated carbocycles. The lowest BCUT2D eigenvalue weighted by Crippen LogP contribution is -2.40. The molecule has 2 atom stereocenters. The van der Waals surface area contributed by atoms with Gasteiger partial charge in [0.15, 0.2) is 0 Å². The van der Waals surface area contributed by atoms with Crippen LogP contribution < -0.4 is 10.2 Å². The number of para-hydroxylation sites is 1. The van der Waals surface area contributed by atoms with E-state index < -0.39 is 0 Å². The number of nitriles is 1. The third kappa shape index (κ3) is 2.83. The summed E-state index contributed by atoms with van der Waals surface area (Å²) in [6, 6.07) is 11.6. The first kappa shape index (κ1) is 12.9. The highest BCUT2D eigenvalue weighted by molar-refractivity contribution is 5.54. The van der Waals surface area contributed by atoms with Crippen LogP contribution in [0.15, 0.2) is 24.3 Å². The number of benzene rings is 1. The van der Waals surface area contributed by atoms with E-state index in [1.807, 2.05) is 0 Å². The Labute approximate surface area is 109 Å². The topological polar surface area (TPSA) is 39.1 Å². The number of nitrogens with zero attached hydrogens (tertiary/aromatic N) is 2. The zero-order valence-electron chi connectivity index (χ0n) is 11.2. The van der Waals surface area contributed by atoms with Crippen LogP contribution in [-0.2, 0) is 0 Å². The summed E-state index contributed by atoms with van der Waals surface area (Å²) in [5.41, 5.74) is 2.56. The van der Waals surface area contributed by atoms with Gasteiger partial charge in [0.05, 0.1) is 18.5 Å². The van der Waals surface area contributed by atoms with E-state index in [-0.39, 0.29) is 6.04 Å². The largest absolute Gasteiger partial charge is 0.366 e. The molecule has 1 aliphatic heterocycles. The molecule has 0 bridgehead atoms. The van der Waals surface area contributed by atoms with Crippen LogP contribution in [0.25, 0.3) is 0 Å². The van der Waals surface area contributed by atoms with Crippen molar-refractivity contribution in [3.05, 3.63) is 29.8 Å². The summed E-state index contributed by atoms with van der Waals surface area (Å²) in [5.74, 6) is 0. The molecule has 18 heavy (non-hydrogen) atoms. The molecule has 3 nitrogen and oxygen atoms in total. The first-order valence-corrected chi connectivity index (χ1v) is 6.65. The fourth-order valence-electron chi connectivity index (χ4n) is 2.56. The highest BCUT2D eigenvalue weighted by atomic mass is 15.2. The predicted octanol–water partition coefficient (Wildman–Crippen LogP) is 2.47. The minimum Gasteiger partial charge on any atom is -0.366 e. The molecule has 0 aliphatic carbocycles. The van der Waals surface area contributed by atoms with Gasteiger partial charge in [-0.3, -0.25) is 0 Å². The standard InChI is InChI=1S/C15H21N3/c1-12-5-3-4-6-15(12)18-10-8-13(2)17-11-14(18)7-9-16/h3-6,13-14,17H,7-8,10-11H2,1-2H3. The Bertz CT molecular complexity index is 436. The minimum atomic E-state index is 0.279. The number of anilines is 1. The first-order valence-electron chi connectivity index (χ1n) is 6.65. The van der Waals surface area contributed by atoms with E-state index in [0.717, 1.165) is 19.5 Å². The summed E-state index contributed by atoms with van der Waals surface area (Å²) in [5, 5.41) is 12.5. The van der Waals surface area contributed by atoms with Crippen LogP contribution >= 0.6 is 0 Å². The minimum absolute atomic E-state index is 0.279. The van der Waals surface area contributed by atoms with Crippen molar-refractivity contribution < 1.29 is 0 Å². The van der Waals surface area contributed by atoms with Crippen LogP contribution in [0.4, 0.5) is 5.69 Å². The lowest BCUT2D eigenvalue weighted by Gasteiger charge is -2.31. The second kappa shape index (κ2) is 5.88. The number of aryl methyl sites for hydroxylation is 1. The van der Waals surface area contributed by atoms with Gasteiger partial charge in [0, 0.05) is 24.8 Å². The van der Waals surface area contributed by atoms with Crippen LogP contribution in [0.3, 0.4) is 0 Å². The maximum absolute atomic E-state index is 9.01. The molecule has 0 spiro atoms. The van der Waals surface area contributed by atoms with Gasteiger partial charge in [0.2, 0.25) is 0 Å². The van der Waals surface area contributed by atoms with Gasteiger partial charge in [-0.25, -0.2) is 0 Å². The molecule has 1 heterocycles. The maximum Gasteiger partial charge on any atom is 0.0643 e. The average Bonchev–Trinajstić information content (AvgIpc) is 2.54. The van der Waals surface area contributed by atoms with Crippen LogP contribution in [0, 0.1) is 18.3 Å². The number of hydrogen-bond acceptors (Lipinski definition) is 3. The van der Waals surface area contributed by atoms with E-state index in [2.05, 4.69) is 54.4 Å². The second-order valence-corrected chi connectivity index (χ2v) is 5.09. The molecule has 1 N–H and O–H groups in total. The maximum atomic E-state index is 9.01. The molecule has 0 radical (unpaired) electrons. The van der Waals surface area contributed by atoms with Gasteiger partial charge in [-0.2, -0.15) is 5.26 Å². The fourth-order valence-corrected chi connectivity index (χ4v) is 2.56. The smallest absolute Gasteiger partial charge is 0.0643 e. The van der Waals surface area contributed by atoms with Crippen molar-refractivity contribution in [2.75, 3.05) is 18.0 Å². The Kier molecular flexibility index (Phi) is 4.22. The molecule has 0 aromatic heterocycles. The Morgan fingerprint density at radius 3 is 2.94 bits per heavy atom. The summed E-state index contributed by atoms with van der Waals surface area (Å²) >= 11 is 0. The van der Waals surface area contributed by atoms with Gasteiger partial charge in [-0.15, -0.1) is 0 Å². The fraction of sp³-hybridized carbons (Fsp3) is 0.533. The average molecular weight is 243 g/mol. The summed E-state index contributed by atoms with van der Waals surface area (Å²) in [6.45, 7) is 6.26. The molecule has 2 unspecified atom stereocenters. The van der Waals surface area contributed by atoms with E-state index in [0.29, 0.717) is 12.5 Å². The monoisotopic (exact) mass is 243 g/mol. The second-order valence-electron chi connectivity index (χ2n) is 5.09. The van der Waals surface area contributed by atoms with Crippen molar-refractivity contribution in [3.8, 4) is 6.07 Å². The van der Waals surface area contributed by atoms with E-state index in [4.69, 9.17) is 5.26 Å². The molecule has 1 saturated heterocycles. The van der Waals surface area contributed by atoms with E-state index in [9.17, 15) is 0 Å². The lowest BCUT2D eigenvalue weighted by atomic mass is 10.1. The quantitative estimate of drug-likeness (QED) is 0.867. The van der Waals surface area contributed by atoms with Crippen LogP contribution in [0.5, 0.6) is 0 Å². The van der Waals surface area contributed by atoms with Gasteiger partial charge in [0.1, 0.15) is 0 Å². The Balaban J connectivity index is 2.26. The number of hydrogen-bond donors (Lipinski definition) is 1. The highest BCUT2D eigenvalue weighted by Crippen LogP contribution is 2.24. The molecule has 3 heteroatoms. The van der Waals surface area contributed by atoms with Gasteiger partial charge in [-0.1, -0.05) is 18.2 Å². The van der Waals surface area contributed by atoms with Gasteiger partial charge in [0.25, 0.3) is 0 Å². The Hall–Kier alpha value is -1.53. The first-order chi connectivity index (χ1) is 8.72. The van der Waals surface area contributed by atoms with Crippen LogP contribution in [0.1, 0.15) is 25.3 Å². The van der Waals surface area contributed by atoms with Crippen molar-refractivity contribution in [2.45, 2.75) is 38.8 Å². The highest BCUT2D eigenvalue weighted by Gasteiger charge is 2.24. The van der Waals surface area contributed by atoms with Crippen molar-refractivity contribution in [1.82, 2.24) is 5.32 Å². The molecule has 0 amide bonds.